The molecular weight excluding hydrogens is 300 g/mol. The van der Waals surface area contributed by atoms with Crippen LogP contribution >= 0.6 is 0 Å². The van der Waals surface area contributed by atoms with E-state index >= 15 is 0 Å². The van der Waals surface area contributed by atoms with Gasteiger partial charge in [0.05, 0.1) is 12.5 Å². The van der Waals surface area contributed by atoms with Crippen LogP contribution in [0.15, 0.2) is 54.6 Å². The van der Waals surface area contributed by atoms with E-state index in [1.807, 2.05) is 68.4 Å². The maximum Gasteiger partial charge on any atom is 0.224 e. The molecule has 1 atom stereocenters. The lowest BCUT2D eigenvalue weighted by Gasteiger charge is -2.16. The molecule has 0 saturated carbocycles. The van der Waals surface area contributed by atoms with E-state index in [4.69, 9.17) is 0 Å². The van der Waals surface area contributed by atoms with Crippen LogP contribution < -0.4 is 10.6 Å². The van der Waals surface area contributed by atoms with E-state index in [-0.39, 0.29) is 24.3 Å². The molecule has 4 nitrogen and oxygen atoms in total. The minimum absolute atomic E-state index is 0.0429. The Kier molecular flexibility index (Phi) is 6.55. The molecule has 0 saturated heterocycles. The first-order valence-corrected chi connectivity index (χ1v) is 8.22. The van der Waals surface area contributed by atoms with E-state index in [0.29, 0.717) is 13.0 Å². The Labute approximate surface area is 143 Å². The third kappa shape index (κ3) is 5.54. The van der Waals surface area contributed by atoms with Gasteiger partial charge in [0.25, 0.3) is 0 Å². The van der Waals surface area contributed by atoms with Gasteiger partial charge in [0.15, 0.2) is 0 Å². The third-order valence-corrected chi connectivity index (χ3v) is 3.91. The second-order valence-electron chi connectivity index (χ2n) is 5.91. The fraction of sp³-hybridized carbons (Fsp3) is 0.300. The quantitative estimate of drug-likeness (QED) is 0.823. The molecule has 0 radical (unpaired) electrons. The van der Waals surface area contributed by atoms with E-state index in [2.05, 4.69) is 10.6 Å². The summed E-state index contributed by atoms with van der Waals surface area (Å²) in [5.41, 5.74) is 3.23. The van der Waals surface area contributed by atoms with Gasteiger partial charge in [-0.2, -0.15) is 0 Å². The van der Waals surface area contributed by atoms with Gasteiger partial charge >= 0.3 is 0 Å². The number of carbonyl (C=O) groups excluding carboxylic acids is 2. The molecule has 0 heterocycles. The van der Waals surface area contributed by atoms with Crippen LogP contribution in [0, 0.1) is 6.92 Å². The first kappa shape index (κ1) is 17.7. The van der Waals surface area contributed by atoms with Gasteiger partial charge in [0, 0.05) is 13.0 Å². The van der Waals surface area contributed by atoms with Gasteiger partial charge in [0.1, 0.15) is 0 Å². The second-order valence-corrected chi connectivity index (χ2v) is 5.91. The average Bonchev–Trinajstić information content (AvgIpc) is 2.56. The lowest BCUT2D eigenvalue weighted by molar-refractivity contribution is -0.122. The highest BCUT2D eigenvalue weighted by Crippen LogP contribution is 2.16. The highest BCUT2D eigenvalue weighted by molar-refractivity contribution is 5.80. The van der Waals surface area contributed by atoms with Crippen molar-refractivity contribution in [2.24, 2.45) is 0 Å². The van der Waals surface area contributed by atoms with Crippen LogP contribution in [-0.2, 0) is 16.0 Å². The summed E-state index contributed by atoms with van der Waals surface area (Å²) in [4.78, 5) is 23.9. The fourth-order valence-corrected chi connectivity index (χ4v) is 2.62. The van der Waals surface area contributed by atoms with Crippen molar-refractivity contribution in [3.8, 4) is 0 Å². The van der Waals surface area contributed by atoms with Crippen LogP contribution in [-0.4, -0.2) is 18.4 Å². The van der Waals surface area contributed by atoms with Crippen molar-refractivity contribution in [1.82, 2.24) is 10.6 Å². The fourth-order valence-electron chi connectivity index (χ4n) is 2.62. The van der Waals surface area contributed by atoms with Crippen molar-refractivity contribution < 1.29 is 9.59 Å². The molecule has 2 N–H and O–H groups in total. The van der Waals surface area contributed by atoms with Crippen LogP contribution in [0.25, 0.3) is 0 Å². The van der Waals surface area contributed by atoms with E-state index in [1.165, 1.54) is 0 Å². The lowest BCUT2D eigenvalue weighted by Crippen LogP contribution is -2.32. The maximum atomic E-state index is 12.0. The molecule has 0 spiro atoms. The van der Waals surface area contributed by atoms with Gasteiger partial charge in [0.2, 0.25) is 11.8 Å². The molecule has 0 fully saturated rings. The summed E-state index contributed by atoms with van der Waals surface area (Å²) in [5, 5.41) is 5.76. The number of nitrogens with one attached hydrogen (secondary N) is 2. The Morgan fingerprint density at radius 1 is 0.958 bits per heavy atom. The number of hydrogen-bond acceptors (Lipinski definition) is 2. The minimum Gasteiger partial charge on any atom is -0.355 e. The van der Waals surface area contributed by atoms with Gasteiger partial charge in [-0.25, -0.2) is 0 Å². The molecule has 2 amide bonds. The SMILES string of the molecule is Cc1ccccc1C(C)NC(=O)CCNC(=O)Cc1ccccc1. The molecule has 0 aliphatic heterocycles. The summed E-state index contributed by atoms with van der Waals surface area (Å²) in [7, 11) is 0. The number of aryl methyl sites for hydroxylation is 1. The number of hydrogen-bond donors (Lipinski definition) is 2. The van der Waals surface area contributed by atoms with Crippen molar-refractivity contribution in [2.45, 2.75) is 32.7 Å². The monoisotopic (exact) mass is 324 g/mol. The summed E-state index contributed by atoms with van der Waals surface area (Å²) in [6.45, 7) is 4.34. The predicted octanol–water partition coefficient (Wildman–Crippen LogP) is 2.92. The second kappa shape index (κ2) is 8.87. The van der Waals surface area contributed by atoms with E-state index in [9.17, 15) is 9.59 Å². The summed E-state index contributed by atoms with van der Waals surface area (Å²) in [5.74, 6) is -0.133. The highest BCUT2D eigenvalue weighted by atomic mass is 16.2. The predicted molar refractivity (Wildman–Crippen MR) is 95.5 cm³/mol. The molecule has 4 heteroatoms. The van der Waals surface area contributed by atoms with Crippen molar-refractivity contribution in [3.63, 3.8) is 0 Å². The van der Waals surface area contributed by atoms with Crippen LogP contribution in [0.4, 0.5) is 0 Å². The maximum absolute atomic E-state index is 12.0. The molecule has 0 aliphatic rings. The number of benzene rings is 2. The van der Waals surface area contributed by atoms with Crippen molar-refractivity contribution in [3.05, 3.63) is 71.3 Å². The molecule has 126 valence electrons. The largest absolute Gasteiger partial charge is 0.355 e. The smallest absolute Gasteiger partial charge is 0.224 e. The molecule has 2 aromatic rings. The summed E-state index contributed by atoms with van der Waals surface area (Å²) < 4.78 is 0. The molecule has 0 aliphatic carbocycles. The standard InChI is InChI=1S/C20H24N2O2/c1-15-8-6-7-11-18(15)16(2)22-19(23)12-13-21-20(24)14-17-9-4-3-5-10-17/h3-11,16H,12-14H2,1-2H3,(H,21,24)(H,22,23). The molecule has 0 bridgehead atoms. The van der Waals surface area contributed by atoms with Crippen LogP contribution in [0.5, 0.6) is 0 Å². The Balaban J connectivity index is 1.71. The zero-order chi connectivity index (χ0) is 17.4. The van der Waals surface area contributed by atoms with Gasteiger partial charge < -0.3 is 10.6 Å². The topological polar surface area (TPSA) is 58.2 Å². The zero-order valence-corrected chi connectivity index (χ0v) is 14.2. The first-order chi connectivity index (χ1) is 11.6. The number of carbonyl (C=O) groups is 2. The average molecular weight is 324 g/mol. The molecular formula is C20H24N2O2. The number of rotatable bonds is 7. The van der Waals surface area contributed by atoms with Crippen LogP contribution in [0.1, 0.15) is 36.1 Å². The highest BCUT2D eigenvalue weighted by Gasteiger charge is 2.11. The van der Waals surface area contributed by atoms with Crippen molar-refractivity contribution >= 4 is 11.8 Å². The molecule has 2 rings (SSSR count). The summed E-state index contributed by atoms with van der Waals surface area (Å²) in [6.07, 6.45) is 0.610. The molecule has 24 heavy (non-hydrogen) atoms. The minimum atomic E-state index is -0.0686. The Bertz CT molecular complexity index is 683. The molecule has 0 aromatic heterocycles. The van der Waals surface area contributed by atoms with Gasteiger partial charge in [-0.15, -0.1) is 0 Å². The van der Waals surface area contributed by atoms with Gasteiger partial charge in [-0.1, -0.05) is 54.6 Å². The Morgan fingerprint density at radius 3 is 2.33 bits per heavy atom. The Hall–Kier alpha value is -2.62. The zero-order valence-electron chi connectivity index (χ0n) is 14.2. The lowest BCUT2D eigenvalue weighted by atomic mass is 10.0. The van der Waals surface area contributed by atoms with E-state index in [1.54, 1.807) is 0 Å². The van der Waals surface area contributed by atoms with Gasteiger partial charge in [-0.3, -0.25) is 9.59 Å². The normalized spacial score (nSPS) is 11.6. The van der Waals surface area contributed by atoms with E-state index in [0.717, 1.165) is 16.7 Å². The van der Waals surface area contributed by atoms with Crippen LogP contribution in [0.3, 0.4) is 0 Å². The molecule has 1 unspecified atom stereocenters. The third-order valence-electron chi connectivity index (χ3n) is 3.91. The van der Waals surface area contributed by atoms with Crippen molar-refractivity contribution in [1.29, 1.82) is 0 Å². The summed E-state index contributed by atoms with van der Waals surface area (Å²) in [6, 6.07) is 17.5. The summed E-state index contributed by atoms with van der Waals surface area (Å²) >= 11 is 0. The Morgan fingerprint density at radius 2 is 1.62 bits per heavy atom. The van der Waals surface area contributed by atoms with E-state index < -0.39 is 0 Å². The molecule has 2 aromatic carbocycles. The first-order valence-electron chi connectivity index (χ1n) is 8.22. The van der Waals surface area contributed by atoms with Crippen molar-refractivity contribution in [2.75, 3.05) is 6.54 Å². The van der Waals surface area contributed by atoms with Gasteiger partial charge in [-0.05, 0) is 30.5 Å². The van der Waals surface area contributed by atoms with Crippen LogP contribution in [0.2, 0.25) is 0 Å². The number of amides is 2.